The largest absolute Gasteiger partial charge is 0.384 e. The van der Waals surface area contributed by atoms with E-state index >= 15 is 0 Å². The lowest BCUT2D eigenvalue weighted by atomic mass is 10.3. The maximum Gasteiger partial charge on any atom is 0.311 e. The Bertz CT molecular complexity index is 431. The monoisotopic (exact) mass is 236 g/mol. The second kappa shape index (κ2) is 4.57. The molecule has 6 heteroatoms. The summed E-state index contributed by atoms with van der Waals surface area (Å²) >= 11 is 0. The second-order valence-electron chi connectivity index (χ2n) is 4.32. The summed E-state index contributed by atoms with van der Waals surface area (Å²) in [6.07, 6.45) is 2.40. The van der Waals surface area contributed by atoms with Gasteiger partial charge in [0.2, 0.25) is 5.82 Å². The van der Waals surface area contributed by atoms with Crippen molar-refractivity contribution >= 4 is 17.3 Å². The van der Waals surface area contributed by atoms with Crippen LogP contribution in [0, 0.1) is 16.0 Å². The third-order valence-corrected chi connectivity index (χ3v) is 2.93. The number of hydrogen-bond acceptors (Lipinski definition) is 5. The highest BCUT2D eigenvalue weighted by molar-refractivity contribution is 5.61. The van der Waals surface area contributed by atoms with Crippen molar-refractivity contribution < 1.29 is 4.92 Å². The number of pyridine rings is 1. The molecule has 0 spiro atoms. The molecule has 2 rings (SSSR count). The third-order valence-electron chi connectivity index (χ3n) is 2.93. The van der Waals surface area contributed by atoms with Gasteiger partial charge in [0.15, 0.2) is 0 Å². The summed E-state index contributed by atoms with van der Waals surface area (Å²) in [7, 11) is 0. The van der Waals surface area contributed by atoms with Crippen LogP contribution in [0.5, 0.6) is 0 Å². The number of nitrogens with two attached hydrogens (primary N) is 1. The van der Waals surface area contributed by atoms with Crippen molar-refractivity contribution in [2.75, 3.05) is 23.7 Å². The molecule has 0 aromatic carbocycles. The van der Waals surface area contributed by atoms with Gasteiger partial charge in [-0.1, -0.05) is 0 Å². The number of hydrogen-bond donors (Lipinski definition) is 1. The summed E-state index contributed by atoms with van der Waals surface area (Å²) in [5, 5.41) is 11.0. The van der Waals surface area contributed by atoms with Crippen molar-refractivity contribution in [1.29, 1.82) is 0 Å². The molecule has 1 aliphatic rings. The molecule has 92 valence electrons. The molecule has 0 aliphatic heterocycles. The third kappa shape index (κ3) is 2.64. The Morgan fingerprint density at radius 3 is 2.82 bits per heavy atom. The van der Waals surface area contributed by atoms with E-state index in [0.29, 0.717) is 24.1 Å². The van der Waals surface area contributed by atoms with Gasteiger partial charge in [0.1, 0.15) is 5.82 Å². The Labute approximate surface area is 99.6 Å². The number of anilines is 2. The number of nitro groups is 1. The zero-order valence-corrected chi connectivity index (χ0v) is 9.80. The van der Waals surface area contributed by atoms with E-state index in [4.69, 9.17) is 5.73 Å². The molecular weight excluding hydrogens is 220 g/mol. The lowest BCUT2D eigenvalue weighted by Gasteiger charge is -2.21. The second-order valence-corrected chi connectivity index (χ2v) is 4.32. The van der Waals surface area contributed by atoms with Crippen molar-refractivity contribution in [3.63, 3.8) is 0 Å². The molecule has 0 saturated heterocycles. The van der Waals surface area contributed by atoms with E-state index in [0.717, 1.165) is 6.54 Å². The fourth-order valence-electron chi connectivity index (χ4n) is 1.81. The zero-order valence-electron chi connectivity index (χ0n) is 9.80. The Morgan fingerprint density at radius 2 is 2.29 bits per heavy atom. The molecule has 0 amide bonds. The maximum atomic E-state index is 11.0. The summed E-state index contributed by atoms with van der Waals surface area (Å²) < 4.78 is 0. The molecule has 1 aliphatic carbocycles. The van der Waals surface area contributed by atoms with Gasteiger partial charge >= 0.3 is 5.69 Å². The summed E-state index contributed by atoms with van der Waals surface area (Å²) in [6.45, 7) is 3.50. The summed E-state index contributed by atoms with van der Waals surface area (Å²) in [5.74, 6) is 1.36. The van der Waals surface area contributed by atoms with Crippen LogP contribution >= 0.6 is 0 Å². The number of aromatic nitrogens is 1. The molecular formula is C11H16N4O2. The maximum absolute atomic E-state index is 11.0. The predicted octanol–water partition coefficient (Wildman–Crippen LogP) is 1.81. The first kappa shape index (κ1) is 11.6. The van der Waals surface area contributed by atoms with Crippen molar-refractivity contribution in [2.45, 2.75) is 19.8 Å². The fraction of sp³-hybridized carbons (Fsp3) is 0.545. The van der Waals surface area contributed by atoms with Gasteiger partial charge in [0.05, 0.1) is 4.92 Å². The van der Waals surface area contributed by atoms with E-state index in [-0.39, 0.29) is 5.69 Å². The number of nitrogen functional groups attached to an aromatic ring is 1. The Hall–Kier alpha value is -1.85. The molecule has 0 bridgehead atoms. The quantitative estimate of drug-likeness (QED) is 0.622. The molecule has 17 heavy (non-hydrogen) atoms. The summed E-state index contributed by atoms with van der Waals surface area (Å²) in [6, 6.07) is 2.89. The van der Waals surface area contributed by atoms with Gasteiger partial charge in [-0.2, -0.15) is 0 Å². The summed E-state index contributed by atoms with van der Waals surface area (Å²) in [4.78, 5) is 16.6. The van der Waals surface area contributed by atoms with E-state index < -0.39 is 4.92 Å². The van der Waals surface area contributed by atoms with Crippen LogP contribution in [0.2, 0.25) is 0 Å². The standard InChI is InChI=1S/C11H16N4O2/c1-2-14(7-8-3-4-8)11-9(15(16)17)5-6-10(12)13-11/h5-6,8H,2-4,7H2,1H3,(H2,12,13). The Morgan fingerprint density at radius 1 is 1.59 bits per heavy atom. The minimum absolute atomic E-state index is 0.0294. The first-order valence-electron chi connectivity index (χ1n) is 5.77. The van der Waals surface area contributed by atoms with Gasteiger partial charge in [0, 0.05) is 19.2 Å². The van der Waals surface area contributed by atoms with Gasteiger partial charge in [-0.25, -0.2) is 4.98 Å². The van der Waals surface area contributed by atoms with Gasteiger partial charge in [0.25, 0.3) is 0 Å². The zero-order chi connectivity index (χ0) is 12.4. The van der Waals surface area contributed by atoms with Crippen molar-refractivity contribution in [1.82, 2.24) is 4.98 Å². The van der Waals surface area contributed by atoms with E-state index in [1.54, 1.807) is 0 Å². The summed E-state index contributed by atoms with van der Waals surface area (Å²) in [5.41, 5.74) is 5.64. The van der Waals surface area contributed by atoms with Crippen LogP contribution in [0.25, 0.3) is 0 Å². The smallest absolute Gasteiger partial charge is 0.311 e. The van der Waals surface area contributed by atoms with E-state index in [1.807, 2.05) is 11.8 Å². The average Bonchev–Trinajstić information content (AvgIpc) is 3.09. The molecule has 1 saturated carbocycles. The normalized spacial score (nSPS) is 14.6. The van der Waals surface area contributed by atoms with Crippen LogP contribution in [0.3, 0.4) is 0 Å². The Kier molecular flexibility index (Phi) is 3.12. The lowest BCUT2D eigenvalue weighted by molar-refractivity contribution is -0.384. The van der Waals surface area contributed by atoms with Crippen molar-refractivity contribution in [2.24, 2.45) is 5.92 Å². The number of rotatable bonds is 5. The highest BCUT2D eigenvalue weighted by Crippen LogP contribution is 2.33. The van der Waals surface area contributed by atoms with E-state index in [1.165, 1.54) is 25.0 Å². The van der Waals surface area contributed by atoms with Crippen molar-refractivity contribution in [3.05, 3.63) is 22.2 Å². The molecule has 1 heterocycles. The molecule has 1 aromatic rings. The first-order valence-corrected chi connectivity index (χ1v) is 5.77. The topological polar surface area (TPSA) is 85.3 Å². The molecule has 0 unspecified atom stereocenters. The molecule has 1 aromatic heterocycles. The minimum Gasteiger partial charge on any atom is -0.384 e. The van der Waals surface area contributed by atoms with Crippen molar-refractivity contribution in [3.8, 4) is 0 Å². The molecule has 0 radical (unpaired) electrons. The minimum atomic E-state index is -0.405. The molecule has 1 fully saturated rings. The van der Waals surface area contributed by atoms with Crippen LogP contribution < -0.4 is 10.6 Å². The highest BCUT2D eigenvalue weighted by atomic mass is 16.6. The fourth-order valence-corrected chi connectivity index (χ4v) is 1.81. The first-order chi connectivity index (χ1) is 8.11. The molecule has 6 nitrogen and oxygen atoms in total. The van der Waals surface area contributed by atoms with Crippen LogP contribution in [-0.4, -0.2) is 23.0 Å². The van der Waals surface area contributed by atoms with Gasteiger partial charge in [-0.05, 0) is 31.7 Å². The van der Waals surface area contributed by atoms with Crippen LogP contribution in [0.1, 0.15) is 19.8 Å². The number of nitrogens with zero attached hydrogens (tertiary/aromatic N) is 3. The van der Waals surface area contributed by atoms with Crippen LogP contribution in [0.4, 0.5) is 17.3 Å². The highest BCUT2D eigenvalue weighted by Gasteiger charge is 2.28. The van der Waals surface area contributed by atoms with E-state index in [9.17, 15) is 10.1 Å². The van der Waals surface area contributed by atoms with E-state index in [2.05, 4.69) is 4.98 Å². The lowest BCUT2D eigenvalue weighted by Crippen LogP contribution is -2.27. The molecule has 0 atom stereocenters. The average molecular weight is 236 g/mol. The molecule has 2 N–H and O–H groups in total. The SMILES string of the molecule is CCN(CC1CC1)c1nc(N)ccc1[N+](=O)[O-]. The van der Waals surface area contributed by atoms with Crippen LogP contribution in [0.15, 0.2) is 12.1 Å². The Balaban J connectivity index is 2.31. The van der Waals surface area contributed by atoms with Gasteiger partial charge in [-0.15, -0.1) is 0 Å². The van der Waals surface area contributed by atoms with Crippen LogP contribution in [-0.2, 0) is 0 Å². The predicted molar refractivity (Wildman–Crippen MR) is 65.9 cm³/mol. The van der Waals surface area contributed by atoms with Gasteiger partial charge < -0.3 is 10.6 Å². The van der Waals surface area contributed by atoms with Gasteiger partial charge in [-0.3, -0.25) is 10.1 Å².